The molecule has 0 saturated carbocycles. The first kappa shape index (κ1) is 22.9. The third kappa shape index (κ3) is 4.49. The predicted molar refractivity (Wildman–Crippen MR) is 134 cm³/mol. The molecule has 3 aromatic rings. The molecule has 1 aliphatic heterocycles. The SMILES string of the molecule is CCn1c(C)cc([C@@H]2[C@@H](c3ccccn3)NC(=S)N2c2ccc(NC(=O)COC)cc2)c1C. The van der Waals surface area contributed by atoms with E-state index in [1.807, 2.05) is 48.7 Å². The number of methoxy groups -OCH3 is 1. The van der Waals surface area contributed by atoms with Gasteiger partial charge >= 0.3 is 0 Å². The molecule has 172 valence electrons. The number of nitrogens with one attached hydrogen (secondary N) is 2. The Kier molecular flexibility index (Phi) is 6.76. The van der Waals surface area contributed by atoms with Crippen molar-refractivity contribution >= 4 is 34.6 Å². The van der Waals surface area contributed by atoms with E-state index in [-0.39, 0.29) is 24.6 Å². The average Bonchev–Trinajstić information content (AvgIpc) is 3.30. The molecule has 3 heterocycles. The molecule has 2 N–H and O–H groups in total. The second-order valence-electron chi connectivity index (χ2n) is 8.10. The summed E-state index contributed by atoms with van der Waals surface area (Å²) in [7, 11) is 1.50. The van der Waals surface area contributed by atoms with Crippen LogP contribution in [0.15, 0.2) is 54.7 Å². The van der Waals surface area contributed by atoms with Crippen molar-refractivity contribution in [2.45, 2.75) is 39.4 Å². The van der Waals surface area contributed by atoms with Crippen molar-refractivity contribution in [2.75, 3.05) is 23.9 Å². The molecule has 1 amide bonds. The number of hydrogen-bond acceptors (Lipinski definition) is 4. The fourth-order valence-corrected chi connectivity index (χ4v) is 4.94. The van der Waals surface area contributed by atoms with Crippen LogP contribution in [0.4, 0.5) is 11.4 Å². The second kappa shape index (κ2) is 9.72. The lowest BCUT2D eigenvalue weighted by Gasteiger charge is -2.28. The van der Waals surface area contributed by atoms with E-state index in [1.54, 1.807) is 0 Å². The number of ether oxygens (including phenoxy) is 1. The van der Waals surface area contributed by atoms with E-state index < -0.39 is 0 Å². The minimum atomic E-state index is -0.191. The van der Waals surface area contributed by atoms with Crippen LogP contribution in [-0.2, 0) is 16.1 Å². The fraction of sp³-hybridized carbons (Fsp3) is 0.320. The molecular weight excluding hydrogens is 434 g/mol. The number of hydrogen-bond donors (Lipinski definition) is 2. The molecule has 1 saturated heterocycles. The number of nitrogens with zero attached hydrogens (tertiary/aromatic N) is 3. The number of pyridine rings is 1. The highest BCUT2D eigenvalue weighted by Gasteiger charge is 2.42. The van der Waals surface area contributed by atoms with Gasteiger partial charge in [-0.2, -0.15) is 0 Å². The Hall–Kier alpha value is -3.23. The van der Waals surface area contributed by atoms with Crippen LogP contribution in [0.2, 0.25) is 0 Å². The van der Waals surface area contributed by atoms with Crippen molar-refractivity contribution in [3.63, 3.8) is 0 Å². The van der Waals surface area contributed by atoms with E-state index in [1.165, 1.54) is 24.1 Å². The highest BCUT2D eigenvalue weighted by atomic mass is 32.1. The molecule has 4 rings (SSSR count). The van der Waals surface area contributed by atoms with Crippen molar-refractivity contribution in [3.05, 3.63) is 77.4 Å². The zero-order valence-electron chi connectivity index (χ0n) is 19.3. The molecule has 0 bridgehead atoms. The molecule has 0 spiro atoms. The van der Waals surface area contributed by atoms with Gasteiger partial charge in [-0.15, -0.1) is 0 Å². The molecule has 8 heteroatoms. The second-order valence-corrected chi connectivity index (χ2v) is 8.48. The summed E-state index contributed by atoms with van der Waals surface area (Å²) in [4.78, 5) is 18.6. The highest BCUT2D eigenvalue weighted by molar-refractivity contribution is 7.80. The van der Waals surface area contributed by atoms with Crippen molar-refractivity contribution < 1.29 is 9.53 Å². The van der Waals surface area contributed by atoms with E-state index in [9.17, 15) is 4.79 Å². The quantitative estimate of drug-likeness (QED) is 0.510. The first-order valence-electron chi connectivity index (χ1n) is 11.0. The number of benzene rings is 1. The van der Waals surface area contributed by atoms with Gasteiger partial charge in [-0.3, -0.25) is 9.78 Å². The van der Waals surface area contributed by atoms with Crippen LogP contribution in [0.1, 0.15) is 41.7 Å². The Morgan fingerprint density at radius 1 is 1.21 bits per heavy atom. The normalized spacial score (nSPS) is 17.8. The van der Waals surface area contributed by atoms with Crippen LogP contribution in [0.25, 0.3) is 0 Å². The molecule has 0 unspecified atom stereocenters. The maximum atomic E-state index is 11.9. The topological polar surface area (TPSA) is 71.4 Å². The number of rotatable bonds is 7. The molecule has 7 nitrogen and oxygen atoms in total. The summed E-state index contributed by atoms with van der Waals surface area (Å²) in [5.74, 6) is -0.191. The Morgan fingerprint density at radius 2 is 1.97 bits per heavy atom. The summed E-state index contributed by atoms with van der Waals surface area (Å²) in [6.07, 6.45) is 1.81. The molecule has 0 aliphatic carbocycles. The maximum Gasteiger partial charge on any atom is 0.250 e. The number of anilines is 2. The van der Waals surface area contributed by atoms with Gasteiger partial charge in [-0.1, -0.05) is 6.07 Å². The number of thiocarbonyl (C=S) groups is 1. The van der Waals surface area contributed by atoms with Crippen LogP contribution in [0, 0.1) is 13.8 Å². The summed E-state index contributed by atoms with van der Waals surface area (Å²) in [6, 6.07) is 15.8. The first-order valence-corrected chi connectivity index (χ1v) is 11.4. The zero-order valence-corrected chi connectivity index (χ0v) is 20.1. The standard InChI is InChI=1S/C25H29N5O2S/c1-5-29-16(2)14-20(17(29)3)24-23(21-8-6-7-13-26-21)28-25(33)30(24)19-11-9-18(10-12-19)27-22(31)15-32-4/h6-14,23-24H,5,15H2,1-4H3,(H,27,31)(H,28,33)/t23-,24-/m1/s1. The largest absolute Gasteiger partial charge is 0.375 e. The average molecular weight is 464 g/mol. The number of amides is 1. The predicted octanol–water partition coefficient (Wildman–Crippen LogP) is 4.28. The summed E-state index contributed by atoms with van der Waals surface area (Å²) in [6.45, 7) is 7.38. The van der Waals surface area contributed by atoms with Gasteiger partial charge in [-0.05, 0) is 81.0 Å². The monoisotopic (exact) mass is 463 g/mol. The van der Waals surface area contributed by atoms with Gasteiger partial charge in [0.1, 0.15) is 6.61 Å². The number of carbonyl (C=O) groups is 1. The maximum absolute atomic E-state index is 11.9. The summed E-state index contributed by atoms with van der Waals surface area (Å²) in [5, 5.41) is 6.98. The lowest BCUT2D eigenvalue weighted by molar-refractivity contribution is -0.119. The van der Waals surface area contributed by atoms with E-state index in [4.69, 9.17) is 17.0 Å². The summed E-state index contributed by atoms with van der Waals surface area (Å²) < 4.78 is 7.21. The molecule has 2 aromatic heterocycles. The third-order valence-corrected chi connectivity index (χ3v) is 6.36. The van der Waals surface area contributed by atoms with Crippen molar-refractivity contribution in [1.29, 1.82) is 0 Å². The van der Waals surface area contributed by atoms with Crippen LogP contribution < -0.4 is 15.5 Å². The van der Waals surface area contributed by atoms with Gasteiger partial charge in [0, 0.05) is 42.6 Å². The van der Waals surface area contributed by atoms with E-state index in [2.05, 4.69) is 51.9 Å². The molecule has 0 radical (unpaired) electrons. The number of aromatic nitrogens is 2. The Bertz CT molecular complexity index is 1140. The Morgan fingerprint density at radius 3 is 2.58 bits per heavy atom. The molecule has 1 aromatic carbocycles. The van der Waals surface area contributed by atoms with Gasteiger partial charge < -0.3 is 24.8 Å². The van der Waals surface area contributed by atoms with Gasteiger partial charge in [0.15, 0.2) is 5.11 Å². The van der Waals surface area contributed by atoms with E-state index >= 15 is 0 Å². The van der Waals surface area contributed by atoms with Crippen molar-refractivity contribution in [1.82, 2.24) is 14.9 Å². The molecule has 33 heavy (non-hydrogen) atoms. The first-order chi connectivity index (χ1) is 15.9. The summed E-state index contributed by atoms with van der Waals surface area (Å²) >= 11 is 5.82. The van der Waals surface area contributed by atoms with Gasteiger partial charge in [-0.25, -0.2) is 0 Å². The van der Waals surface area contributed by atoms with Crippen LogP contribution >= 0.6 is 12.2 Å². The minimum absolute atomic E-state index is 0.0166. The molecular formula is C25H29N5O2S. The number of carbonyl (C=O) groups excluding carboxylic acids is 1. The molecule has 1 fully saturated rings. The minimum Gasteiger partial charge on any atom is -0.375 e. The zero-order chi connectivity index (χ0) is 23.5. The molecule has 2 atom stereocenters. The van der Waals surface area contributed by atoms with E-state index in [0.717, 1.165) is 17.9 Å². The lowest BCUT2D eigenvalue weighted by Crippen LogP contribution is -2.29. The highest BCUT2D eigenvalue weighted by Crippen LogP contribution is 2.43. The smallest absolute Gasteiger partial charge is 0.250 e. The van der Waals surface area contributed by atoms with Gasteiger partial charge in [0.2, 0.25) is 5.91 Å². The van der Waals surface area contributed by atoms with Crippen LogP contribution in [0.3, 0.4) is 0 Å². The van der Waals surface area contributed by atoms with Crippen molar-refractivity contribution in [2.24, 2.45) is 0 Å². The Balaban J connectivity index is 1.74. The van der Waals surface area contributed by atoms with Crippen LogP contribution in [0.5, 0.6) is 0 Å². The third-order valence-electron chi connectivity index (χ3n) is 6.05. The van der Waals surface area contributed by atoms with Crippen molar-refractivity contribution in [3.8, 4) is 0 Å². The lowest BCUT2D eigenvalue weighted by atomic mass is 9.96. The van der Waals surface area contributed by atoms with E-state index in [0.29, 0.717) is 10.8 Å². The number of aryl methyl sites for hydroxylation is 1. The van der Waals surface area contributed by atoms with Gasteiger partial charge in [0.05, 0.1) is 17.8 Å². The molecule has 1 aliphatic rings. The Labute approximate surface area is 199 Å². The fourth-order valence-electron chi connectivity index (χ4n) is 4.60. The summed E-state index contributed by atoms with van der Waals surface area (Å²) in [5.41, 5.74) is 6.26. The van der Waals surface area contributed by atoms with Gasteiger partial charge in [0.25, 0.3) is 0 Å². The van der Waals surface area contributed by atoms with Crippen LogP contribution in [-0.4, -0.2) is 34.3 Å².